The van der Waals surface area contributed by atoms with E-state index in [2.05, 4.69) is 30.6 Å². The van der Waals surface area contributed by atoms with Crippen LogP contribution in [-0.4, -0.2) is 134 Å². The van der Waals surface area contributed by atoms with Crippen molar-refractivity contribution in [1.29, 1.82) is 0 Å². The van der Waals surface area contributed by atoms with Gasteiger partial charge in [-0.15, -0.1) is 0 Å². The van der Waals surface area contributed by atoms with E-state index in [1.165, 1.54) is 33.3 Å². The summed E-state index contributed by atoms with van der Waals surface area (Å²) >= 11 is 0. The molecule has 21 nitrogen and oxygen atoms in total. The topological polar surface area (TPSA) is 258 Å². The molecule has 0 radical (unpaired) electrons. The van der Waals surface area contributed by atoms with Gasteiger partial charge in [0.2, 0.25) is 29.6 Å². The zero-order chi connectivity index (χ0) is 44.3. The number of ether oxygens (including phenoxy) is 4. The molecule has 0 aliphatic carbocycles. The Bertz CT molecular complexity index is 2590. The number of likely N-dealkylation sites (tertiary alicyclic amines) is 1. The van der Waals surface area contributed by atoms with Crippen LogP contribution in [0, 0.1) is 6.92 Å². The van der Waals surface area contributed by atoms with E-state index < -0.39 is 23.3 Å². The number of methoxy groups -OCH3 is 2. The number of hydrogen-bond acceptors (Lipinski definition) is 13. The van der Waals surface area contributed by atoms with E-state index in [0.29, 0.717) is 97.2 Å². The van der Waals surface area contributed by atoms with Crippen LogP contribution in [0.25, 0.3) is 22.1 Å². The quantitative estimate of drug-likeness (QED) is 0.0823. The molecule has 0 atom stereocenters. The lowest BCUT2D eigenvalue weighted by Crippen LogP contribution is -2.70. The number of allylic oxidation sites excluding steroid dienone is 2. The summed E-state index contributed by atoms with van der Waals surface area (Å²) in [5.41, 5.74) is 14.1. The van der Waals surface area contributed by atoms with Crippen molar-refractivity contribution in [2.45, 2.75) is 52.4 Å². The number of rotatable bonds is 16. The molecule has 2 saturated heterocycles. The lowest BCUT2D eigenvalue weighted by Gasteiger charge is -2.53. The van der Waals surface area contributed by atoms with Gasteiger partial charge in [0.1, 0.15) is 33.8 Å². The zero-order valence-electron chi connectivity index (χ0n) is 35.2. The number of hydrogen-bond donors (Lipinski definition) is 4. The number of benzene rings is 2. The van der Waals surface area contributed by atoms with Crippen LogP contribution in [0.5, 0.6) is 11.5 Å². The number of nitrogens with zero attached hydrogens (tertiary/aromatic N) is 8. The molecule has 2 aliphatic rings. The van der Waals surface area contributed by atoms with Gasteiger partial charge in [-0.3, -0.25) is 39.4 Å². The van der Waals surface area contributed by atoms with Crippen molar-refractivity contribution in [2.75, 3.05) is 70.8 Å². The smallest absolute Gasteiger partial charge is 0.409 e. The van der Waals surface area contributed by atoms with Crippen LogP contribution in [0.2, 0.25) is 0 Å². The molecule has 62 heavy (non-hydrogen) atoms. The molecule has 7 rings (SSSR count). The number of carbonyl (C=O) groups excluding carboxylic acids is 5. The van der Waals surface area contributed by atoms with E-state index in [1.807, 2.05) is 19.1 Å². The standard InChI is InChI=1S/C41H50N12O9/c1-6-53-30(16-24(2)48-53)37(57)47-39-46-28-17-26(35(42)55)19-31(59-4)33(28)51(39)11-7-8-12-52-34-29(45-38(52)44-25(3)54)18-27(36(43)56)20-32(34)61-14-9-10-49-21-41(22-49)23-50(13-15-62-41)40(58)60-5/h7-8,16-20H,6,9-15,21-23H2,1-5H3,(H2,42,55)(H2,43,56)(H,44,45,54)(H,46,47,57)/b8-7+. The minimum atomic E-state index is -0.672. The Morgan fingerprint density at radius 2 is 1.48 bits per heavy atom. The van der Waals surface area contributed by atoms with E-state index in [0.717, 1.165) is 0 Å². The van der Waals surface area contributed by atoms with Gasteiger partial charge in [-0.25, -0.2) is 14.8 Å². The van der Waals surface area contributed by atoms with Crippen molar-refractivity contribution in [2.24, 2.45) is 11.5 Å². The number of aromatic nitrogens is 6. The maximum atomic E-state index is 13.6. The lowest BCUT2D eigenvalue weighted by molar-refractivity contribution is -0.178. The number of morpholine rings is 1. The second-order valence-corrected chi connectivity index (χ2v) is 15.1. The third-order valence-electron chi connectivity index (χ3n) is 10.7. The molecule has 1 spiro atoms. The minimum Gasteiger partial charge on any atom is -0.494 e. The molecule has 5 amide bonds. The summed E-state index contributed by atoms with van der Waals surface area (Å²) in [5.74, 6) is -1.08. The van der Waals surface area contributed by atoms with Gasteiger partial charge in [-0.1, -0.05) is 12.2 Å². The van der Waals surface area contributed by atoms with Crippen LogP contribution >= 0.6 is 0 Å². The minimum absolute atomic E-state index is 0.172. The Balaban J connectivity index is 1.13. The zero-order valence-corrected chi connectivity index (χ0v) is 35.2. The molecule has 6 N–H and O–H groups in total. The monoisotopic (exact) mass is 854 g/mol. The molecule has 0 bridgehead atoms. The maximum absolute atomic E-state index is 13.6. The Kier molecular flexibility index (Phi) is 12.5. The molecule has 328 valence electrons. The highest BCUT2D eigenvalue weighted by atomic mass is 16.5. The third-order valence-corrected chi connectivity index (χ3v) is 10.7. The second kappa shape index (κ2) is 17.9. The van der Waals surface area contributed by atoms with Crippen molar-refractivity contribution in [3.05, 3.63) is 65.0 Å². The predicted molar refractivity (Wildman–Crippen MR) is 226 cm³/mol. The molecule has 2 aliphatic heterocycles. The largest absolute Gasteiger partial charge is 0.494 e. The first-order valence-corrected chi connectivity index (χ1v) is 20.1. The van der Waals surface area contributed by atoms with Gasteiger partial charge in [0.05, 0.1) is 50.7 Å². The molecule has 5 heterocycles. The first kappa shape index (κ1) is 43.1. The molecule has 3 aromatic heterocycles. The normalized spacial score (nSPS) is 15.0. The van der Waals surface area contributed by atoms with Crippen molar-refractivity contribution in [1.82, 2.24) is 38.7 Å². The van der Waals surface area contributed by atoms with Crippen molar-refractivity contribution in [3.63, 3.8) is 0 Å². The summed E-state index contributed by atoms with van der Waals surface area (Å²) < 4.78 is 28.0. The first-order chi connectivity index (χ1) is 29.7. The molecule has 21 heteroatoms. The van der Waals surface area contributed by atoms with Crippen molar-refractivity contribution >= 4 is 63.7 Å². The summed E-state index contributed by atoms with van der Waals surface area (Å²) in [6.45, 7) is 9.58. The second-order valence-electron chi connectivity index (χ2n) is 15.1. The van der Waals surface area contributed by atoms with E-state index in [-0.39, 0.29) is 54.7 Å². The summed E-state index contributed by atoms with van der Waals surface area (Å²) in [4.78, 5) is 75.9. The number of amides is 5. The fourth-order valence-electron chi connectivity index (χ4n) is 7.93. The lowest BCUT2D eigenvalue weighted by atomic mass is 9.91. The van der Waals surface area contributed by atoms with E-state index >= 15 is 0 Å². The van der Waals surface area contributed by atoms with Gasteiger partial charge in [0.25, 0.3) is 5.91 Å². The SMILES string of the molecule is CCn1nc(C)cc1C(=O)Nc1nc2cc(C(N)=O)cc(OC)c2n1C/C=C/Cn1c(NC(C)=O)nc2cc(C(N)=O)cc(OCCCN3CC4(C3)CN(C(=O)OC)CCO4)c21. The summed E-state index contributed by atoms with van der Waals surface area (Å²) in [5, 5.41) is 10.1. The van der Waals surface area contributed by atoms with Crippen LogP contribution in [0.3, 0.4) is 0 Å². The number of aryl methyl sites for hydroxylation is 2. The fraction of sp³-hybridized carbons (Fsp3) is 0.415. The molecule has 5 aromatic rings. The van der Waals surface area contributed by atoms with Gasteiger partial charge in [-0.2, -0.15) is 5.10 Å². The summed E-state index contributed by atoms with van der Waals surface area (Å²) in [6, 6.07) is 7.83. The van der Waals surface area contributed by atoms with Crippen LogP contribution in [0.1, 0.15) is 57.2 Å². The van der Waals surface area contributed by atoms with E-state index in [9.17, 15) is 24.0 Å². The number of fused-ring (bicyclic) bond motifs is 2. The number of imidazole rings is 2. The molecular formula is C41H50N12O9. The van der Waals surface area contributed by atoms with E-state index in [1.54, 1.807) is 43.8 Å². The number of carbonyl (C=O) groups is 5. The number of anilines is 2. The Morgan fingerprint density at radius 1 is 0.871 bits per heavy atom. The molecule has 2 fully saturated rings. The van der Waals surface area contributed by atoms with Crippen molar-refractivity contribution in [3.8, 4) is 11.5 Å². The van der Waals surface area contributed by atoms with Crippen LogP contribution in [-0.2, 0) is 33.9 Å². The highest BCUT2D eigenvalue weighted by Crippen LogP contribution is 2.34. The van der Waals surface area contributed by atoms with Gasteiger partial charge in [-0.05, 0) is 50.6 Å². The average Bonchev–Trinajstić information content (AvgIpc) is 3.90. The Hall–Kier alpha value is -7.00. The van der Waals surface area contributed by atoms with Crippen LogP contribution < -0.4 is 31.6 Å². The Morgan fingerprint density at radius 3 is 2.06 bits per heavy atom. The fourth-order valence-corrected chi connectivity index (χ4v) is 7.93. The molecule has 0 unspecified atom stereocenters. The van der Waals surface area contributed by atoms with Gasteiger partial charge in [0.15, 0.2) is 0 Å². The van der Waals surface area contributed by atoms with Crippen LogP contribution in [0.15, 0.2) is 42.5 Å². The molecular weight excluding hydrogens is 805 g/mol. The van der Waals surface area contributed by atoms with E-state index in [4.69, 9.17) is 30.4 Å². The van der Waals surface area contributed by atoms with Gasteiger partial charge < -0.3 is 44.4 Å². The summed E-state index contributed by atoms with van der Waals surface area (Å²) in [7, 11) is 2.83. The summed E-state index contributed by atoms with van der Waals surface area (Å²) in [6.07, 6.45) is 3.94. The highest BCUT2D eigenvalue weighted by molar-refractivity contribution is 6.04. The number of nitrogens with one attached hydrogen (secondary N) is 2. The Labute approximate surface area is 355 Å². The van der Waals surface area contributed by atoms with Gasteiger partial charge in [0, 0.05) is 63.9 Å². The predicted octanol–water partition coefficient (Wildman–Crippen LogP) is 2.51. The van der Waals surface area contributed by atoms with Crippen molar-refractivity contribution < 1.29 is 42.9 Å². The van der Waals surface area contributed by atoms with Crippen LogP contribution in [0.4, 0.5) is 16.7 Å². The molecule has 2 aromatic carbocycles. The highest BCUT2D eigenvalue weighted by Gasteiger charge is 2.48. The molecule has 0 saturated carbocycles. The van der Waals surface area contributed by atoms with Gasteiger partial charge >= 0.3 is 6.09 Å². The first-order valence-electron chi connectivity index (χ1n) is 20.1. The number of primary amides is 2. The third kappa shape index (κ3) is 8.89. The maximum Gasteiger partial charge on any atom is 0.409 e. The number of nitrogens with two attached hydrogens (primary N) is 2. The average molecular weight is 855 g/mol.